The van der Waals surface area contributed by atoms with Crippen molar-refractivity contribution in [2.75, 3.05) is 6.61 Å². The number of allylic oxidation sites excluding steroid dienone is 2. The molecule has 0 heterocycles. The van der Waals surface area contributed by atoms with Crippen LogP contribution in [0.15, 0.2) is 23.8 Å². The number of carbonyl (C=O) groups is 2. The van der Waals surface area contributed by atoms with E-state index in [4.69, 9.17) is 4.74 Å². The Morgan fingerprint density at radius 1 is 1.60 bits per heavy atom. The molecule has 15 heavy (non-hydrogen) atoms. The van der Waals surface area contributed by atoms with Crippen molar-refractivity contribution in [2.45, 2.75) is 26.7 Å². The van der Waals surface area contributed by atoms with Gasteiger partial charge in [0.2, 0.25) is 0 Å². The zero-order valence-electron chi connectivity index (χ0n) is 9.21. The van der Waals surface area contributed by atoms with E-state index in [1.54, 1.807) is 6.08 Å². The van der Waals surface area contributed by atoms with Gasteiger partial charge < -0.3 is 4.74 Å². The van der Waals surface area contributed by atoms with Gasteiger partial charge in [0.25, 0.3) is 0 Å². The van der Waals surface area contributed by atoms with E-state index in [0.29, 0.717) is 0 Å². The summed E-state index contributed by atoms with van der Waals surface area (Å²) >= 11 is 0. The predicted molar refractivity (Wildman–Crippen MR) is 57.3 cm³/mol. The SMILES string of the molecule is C=C(C)[C@@H]1CCC(COC(C)=O)=CC1=O. The molecular weight excluding hydrogens is 192 g/mol. The highest BCUT2D eigenvalue weighted by molar-refractivity contribution is 5.95. The highest BCUT2D eigenvalue weighted by atomic mass is 16.5. The lowest BCUT2D eigenvalue weighted by molar-refractivity contribution is -0.140. The van der Waals surface area contributed by atoms with Crippen LogP contribution >= 0.6 is 0 Å². The molecule has 1 aliphatic rings. The molecule has 1 atom stereocenters. The smallest absolute Gasteiger partial charge is 0.302 e. The summed E-state index contributed by atoms with van der Waals surface area (Å²) in [5, 5.41) is 0. The van der Waals surface area contributed by atoms with Gasteiger partial charge in [-0.3, -0.25) is 9.59 Å². The maximum Gasteiger partial charge on any atom is 0.302 e. The lowest BCUT2D eigenvalue weighted by Crippen LogP contribution is -2.20. The van der Waals surface area contributed by atoms with Gasteiger partial charge in [-0.25, -0.2) is 0 Å². The first-order valence-corrected chi connectivity index (χ1v) is 5.02. The van der Waals surface area contributed by atoms with Gasteiger partial charge in [-0.1, -0.05) is 12.2 Å². The van der Waals surface area contributed by atoms with Crippen molar-refractivity contribution in [3.8, 4) is 0 Å². The molecule has 3 heteroatoms. The zero-order valence-corrected chi connectivity index (χ0v) is 9.21. The van der Waals surface area contributed by atoms with Crippen LogP contribution in [0, 0.1) is 5.92 Å². The van der Waals surface area contributed by atoms with E-state index >= 15 is 0 Å². The number of hydrogen-bond acceptors (Lipinski definition) is 3. The monoisotopic (exact) mass is 208 g/mol. The maximum atomic E-state index is 11.6. The third-order valence-electron chi connectivity index (χ3n) is 2.50. The fourth-order valence-corrected chi connectivity index (χ4v) is 1.64. The first kappa shape index (κ1) is 11.7. The minimum atomic E-state index is -0.314. The molecule has 82 valence electrons. The van der Waals surface area contributed by atoms with E-state index in [1.807, 2.05) is 6.92 Å². The second-order valence-electron chi connectivity index (χ2n) is 3.92. The first-order valence-electron chi connectivity index (χ1n) is 5.02. The van der Waals surface area contributed by atoms with Gasteiger partial charge >= 0.3 is 5.97 Å². The molecule has 0 radical (unpaired) electrons. The maximum absolute atomic E-state index is 11.6. The molecule has 1 rings (SSSR count). The molecule has 0 unspecified atom stereocenters. The molecule has 0 aromatic carbocycles. The van der Waals surface area contributed by atoms with E-state index < -0.39 is 0 Å². The van der Waals surface area contributed by atoms with Crippen molar-refractivity contribution >= 4 is 11.8 Å². The average Bonchev–Trinajstić information content (AvgIpc) is 2.14. The second kappa shape index (κ2) is 4.91. The van der Waals surface area contributed by atoms with E-state index in [0.717, 1.165) is 24.0 Å². The summed E-state index contributed by atoms with van der Waals surface area (Å²) in [6, 6.07) is 0. The predicted octanol–water partition coefficient (Wildman–Crippen LogP) is 2.03. The van der Waals surface area contributed by atoms with Gasteiger partial charge in [0.1, 0.15) is 6.61 Å². The van der Waals surface area contributed by atoms with Crippen molar-refractivity contribution in [3.63, 3.8) is 0 Å². The topological polar surface area (TPSA) is 43.4 Å². The Kier molecular flexibility index (Phi) is 3.83. The molecule has 0 aromatic rings. The van der Waals surface area contributed by atoms with Crippen molar-refractivity contribution in [1.29, 1.82) is 0 Å². The third kappa shape index (κ3) is 3.35. The van der Waals surface area contributed by atoms with Gasteiger partial charge in [-0.2, -0.15) is 0 Å². The quantitative estimate of drug-likeness (QED) is 0.526. The fourth-order valence-electron chi connectivity index (χ4n) is 1.64. The van der Waals surface area contributed by atoms with Crippen molar-refractivity contribution in [1.82, 2.24) is 0 Å². The largest absolute Gasteiger partial charge is 0.461 e. The van der Waals surface area contributed by atoms with Gasteiger partial charge in [0.05, 0.1) is 0 Å². The molecule has 0 aromatic heterocycles. The Hall–Kier alpha value is -1.38. The average molecular weight is 208 g/mol. The molecule has 0 aliphatic heterocycles. The molecule has 0 saturated heterocycles. The summed E-state index contributed by atoms with van der Waals surface area (Å²) in [7, 11) is 0. The van der Waals surface area contributed by atoms with Crippen LogP contribution in [0.4, 0.5) is 0 Å². The summed E-state index contributed by atoms with van der Waals surface area (Å²) in [6.07, 6.45) is 3.17. The van der Waals surface area contributed by atoms with Crippen LogP contribution in [0.1, 0.15) is 26.7 Å². The first-order chi connectivity index (χ1) is 7.00. The zero-order chi connectivity index (χ0) is 11.4. The molecule has 0 fully saturated rings. The van der Waals surface area contributed by atoms with Crippen molar-refractivity contribution < 1.29 is 14.3 Å². The molecule has 0 N–H and O–H groups in total. The Morgan fingerprint density at radius 3 is 2.73 bits per heavy atom. The molecule has 0 saturated carbocycles. The Bertz CT molecular complexity index is 326. The standard InChI is InChI=1S/C12H16O3/c1-8(2)11-5-4-10(6-12(11)14)7-15-9(3)13/h6,11H,1,4-5,7H2,2-3H3/t11-/m0/s1. The molecule has 0 bridgehead atoms. The van der Waals surface area contributed by atoms with Crippen LogP contribution in [0.5, 0.6) is 0 Å². The van der Waals surface area contributed by atoms with Crippen molar-refractivity contribution in [2.24, 2.45) is 5.92 Å². The van der Waals surface area contributed by atoms with Gasteiger partial charge in [0.15, 0.2) is 5.78 Å². The third-order valence-corrected chi connectivity index (χ3v) is 2.50. The fraction of sp³-hybridized carbons (Fsp3) is 0.500. The van der Waals surface area contributed by atoms with E-state index in [2.05, 4.69) is 6.58 Å². The van der Waals surface area contributed by atoms with Crippen LogP contribution in [-0.4, -0.2) is 18.4 Å². The number of carbonyl (C=O) groups excluding carboxylic acids is 2. The lowest BCUT2D eigenvalue weighted by atomic mass is 9.85. The lowest BCUT2D eigenvalue weighted by Gasteiger charge is -2.20. The molecular formula is C12H16O3. The van der Waals surface area contributed by atoms with E-state index in [1.165, 1.54) is 6.92 Å². The second-order valence-corrected chi connectivity index (χ2v) is 3.92. The van der Waals surface area contributed by atoms with Crippen LogP contribution in [0.3, 0.4) is 0 Å². The van der Waals surface area contributed by atoms with Crippen LogP contribution < -0.4 is 0 Å². The van der Waals surface area contributed by atoms with Gasteiger partial charge in [-0.15, -0.1) is 0 Å². The highest BCUT2D eigenvalue weighted by Gasteiger charge is 2.22. The number of esters is 1. The van der Waals surface area contributed by atoms with Gasteiger partial charge in [0, 0.05) is 12.8 Å². The molecule has 3 nitrogen and oxygen atoms in total. The summed E-state index contributed by atoms with van der Waals surface area (Å²) in [5.41, 5.74) is 1.80. The summed E-state index contributed by atoms with van der Waals surface area (Å²) in [4.78, 5) is 22.2. The highest BCUT2D eigenvalue weighted by Crippen LogP contribution is 2.25. The Morgan fingerprint density at radius 2 is 2.27 bits per heavy atom. The van der Waals surface area contributed by atoms with Crippen LogP contribution in [-0.2, 0) is 14.3 Å². The van der Waals surface area contributed by atoms with Gasteiger partial charge in [-0.05, 0) is 31.4 Å². The summed E-state index contributed by atoms with van der Waals surface area (Å²) < 4.78 is 4.84. The minimum Gasteiger partial charge on any atom is -0.461 e. The number of ether oxygens (including phenoxy) is 1. The molecule has 0 amide bonds. The Balaban J connectivity index is 2.58. The van der Waals surface area contributed by atoms with Crippen molar-refractivity contribution in [3.05, 3.63) is 23.8 Å². The van der Waals surface area contributed by atoms with E-state index in [-0.39, 0.29) is 24.3 Å². The molecule has 1 aliphatic carbocycles. The number of rotatable bonds is 3. The summed E-state index contributed by atoms with van der Waals surface area (Å²) in [6.45, 7) is 7.26. The molecule has 0 spiro atoms. The Labute approximate surface area is 89.8 Å². The number of ketones is 1. The normalized spacial score (nSPS) is 20.8. The van der Waals surface area contributed by atoms with E-state index in [9.17, 15) is 9.59 Å². The minimum absolute atomic E-state index is 0.0499. The summed E-state index contributed by atoms with van der Waals surface area (Å²) in [5.74, 6) is -0.285. The van der Waals surface area contributed by atoms with Crippen LogP contribution in [0.2, 0.25) is 0 Å². The number of hydrogen-bond donors (Lipinski definition) is 0. The van der Waals surface area contributed by atoms with Crippen LogP contribution in [0.25, 0.3) is 0 Å².